The molecule has 0 aromatic carbocycles. The summed E-state index contributed by atoms with van der Waals surface area (Å²) < 4.78 is 1.86. The molecule has 5 nitrogen and oxygen atoms in total. The van der Waals surface area contributed by atoms with Gasteiger partial charge in [-0.15, -0.1) is 21.8 Å². The number of rotatable bonds is 4. The Kier molecular flexibility index (Phi) is 3.88. The van der Waals surface area contributed by atoms with Crippen molar-refractivity contribution in [2.24, 2.45) is 0 Å². The van der Waals surface area contributed by atoms with Crippen LogP contribution in [0.1, 0.15) is 19.7 Å². The van der Waals surface area contributed by atoms with E-state index in [1.54, 1.807) is 13.3 Å². The standard InChI is InChI=1S/C8H13ClN4O/c1-3-13-5-11-12-7(13)4-10-8(14)6(2)9/h5-6H,3-4H2,1-2H3,(H,10,14). The van der Waals surface area contributed by atoms with Crippen LogP contribution in [0.25, 0.3) is 0 Å². The first kappa shape index (κ1) is 11.0. The number of halogens is 1. The summed E-state index contributed by atoms with van der Waals surface area (Å²) in [6, 6.07) is 0. The van der Waals surface area contributed by atoms with Gasteiger partial charge in [-0.3, -0.25) is 4.79 Å². The van der Waals surface area contributed by atoms with Gasteiger partial charge in [0.05, 0.1) is 6.54 Å². The van der Waals surface area contributed by atoms with E-state index < -0.39 is 5.38 Å². The van der Waals surface area contributed by atoms with Crippen LogP contribution >= 0.6 is 11.6 Å². The van der Waals surface area contributed by atoms with Gasteiger partial charge in [0, 0.05) is 6.54 Å². The van der Waals surface area contributed by atoms with E-state index in [2.05, 4.69) is 15.5 Å². The van der Waals surface area contributed by atoms with Crippen LogP contribution < -0.4 is 5.32 Å². The van der Waals surface area contributed by atoms with Crippen LogP contribution in [-0.4, -0.2) is 26.0 Å². The molecule has 1 N–H and O–H groups in total. The lowest BCUT2D eigenvalue weighted by Crippen LogP contribution is -2.30. The fraction of sp³-hybridized carbons (Fsp3) is 0.625. The van der Waals surface area contributed by atoms with Gasteiger partial charge in [-0.2, -0.15) is 0 Å². The smallest absolute Gasteiger partial charge is 0.238 e. The second-order valence-corrected chi connectivity index (χ2v) is 3.52. The van der Waals surface area contributed by atoms with Gasteiger partial charge in [0.15, 0.2) is 5.82 Å². The molecule has 0 aliphatic carbocycles. The van der Waals surface area contributed by atoms with E-state index >= 15 is 0 Å². The molecule has 0 spiro atoms. The summed E-state index contributed by atoms with van der Waals surface area (Å²) in [5.41, 5.74) is 0. The molecule has 1 atom stereocenters. The van der Waals surface area contributed by atoms with Crippen molar-refractivity contribution in [3.05, 3.63) is 12.2 Å². The molecule has 6 heteroatoms. The first-order valence-electron chi connectivity index (χ1n) is 4.43. The number of nitrogens with zero attached hydrogens (tertiary/aromatic N) is 3. The van der Waals surface area contributed by atoms with Gasteiger partial charge in [-0.25, -0.2) is 0 Å². The van der Waals surface area contributed by atoms with E-state index in [4.69, 9.17) is 11.6 Å². The minimum Gasteiger partial charge on any atom is -0.348 e. The monoisotopic (exact) mass is 216 g/mol. The number of nitrogens with one attached hydrogen (secondary N) is 1. The van der Waals surface area contributed by atoms with E-state index in [1.165, 1.54) is 0 Å². The van der Waals surface area contributed by atoms with Crippen LogP contribution in [0.4, 0.5) is 0 Å². The van der Waals surface area contributed by atoms with E-state index in [9.17, 15) is 4.79 Å². The van der Waals surface area contributed by atoms with E-state index in [0.717, 1.165) is 12.4 Å². The van der Waals surface area contributed by atoms with Crippen molar-refractivity contribution in [1.82, 2.24) is 20.1 Å². The minimum atomic E-state index is -0.520. The number of alkyl halides is 1. The summed E-state index contributed by atoms with van der Waals surface area (Å²) in [6.07, 6.45) is 1.63. The predicted octanol–water partition coefficient (Wildman–Crippen LogP) is 0.541. The molecule has 0 saturated carbocycles. The molecule has 0 bridgehead atoms. The first-order valence-corrected chi connectivity index (χ1v) is 4.87. The fourth-order valence-electron chi connectivity index (χ4n) is 0.987. The zero-order chi connectivity index (χ0) is 10.6. The molecule has 1 heterocycles. The molecule has 0 aliphatic rings. The van der Waals surface area contributed by atoms with Crippen LogP contribution in [0.3, 0.4) is 0 Å². The quantitative estimate of drug-likeness (QED) is 0.748. The van der Waals surface area contributed by atoms with Gasteiger partial charge >= 0.3 is 0 Å². The number of hydrogen-bond donors (Lipinski definition) is 1. The number of aromatic nitrogens is 3. The number of amides is 1. The Balaban J connectivity index is 2.49. The summed E-state index contributed by atoms with van der Waals surface area (Å²) in [6.45, 7) is 4.76. The summed E-state index contributed by atoms with van der Waals surface area (Å²) >= 11 is 5.59. The van der Waals surface area contributed by atoms with Gasteiger partial charge in [0.2, 0.25) is 5.91 Å². The van der Waals surface area contributed by atoms with Gasteiger partial charge < -0.3 is 9.88 Å². The largest absolute Gasteiger partial charge is 0.348 e. The van der Waals surface area contributed by atoms with Crippen molar-refractivity contribution in [3.8, 4) is 0 Å². The second kappa shape index (κ2) is 4.95. The summed E-state index contributed by atoms with van der Waals surface area (Å²) in [5, 5.41) is 9.76. The van der Waals surface area contributed by atoms with Crippen LogP contribution in [0, 0.1) is 0 Å². The third-order valence-corrected chi connectivity index (χ3v) is 2.02. The molecule has 0 aliphatic heterocycles. The predicted molar refractivity (Wildman–Crippen MR) is 52.9 cm³/mol. The van der Waals surface area contributed by atoms with Gasteiger partial charge in [0.1, 0.15) is 11.7 Å². The molecule has 1 unspecified atom stereocenters. The molecule has 14 heavy (non-hydrogen) atoms. The van der Waals surface area contributed by atoms with E-state index in [0.29, 0.717) is 6.54 Å². The van der Waals surface area contributed by atoms with Crippen molar-refractivity contribution in [2.75, 3.05) is 0 Å². The van der Waals surface area contributed by atoms with E-state index in [1.807, 2.05) is 11.5 Å². The summed E-state index contributed by atoms with van der Waals surface area (Å²) in [5.74, 6) is 0.537. The molecule has 1 aromatic heterocycles. The molecule has 1 aromatic rings. The number of carbonyl (C=O) groups excluding carboxylic acids is 1. The van der Waals surface area contributed by atoms with Gasteiger partial charge in [-0.05, 0) is 13.8 Å². The maximum absolute atomic E-state index is 11.1. The lowest BCUT2D eigenvalue weighted by molar-refractivity contribution is -0.120. The molecule has 1 rings (SSSR count). The van der Waals surface area contributed by atoms with Crippen LogP contribution in [0.15, 0.2) is 6.33 Å². The number of hydrogen-bond acceptors (Lipinski definition) is 3. The zero-order valence-corrected chi connectivity index (χ0v) is 8.95. The minimum absolute atomic E-state index is 0.197. The molecule has 78 valence electrons. The number of carbonyl (C=O) groups is 1. The Morgan fingerprint density at radius 1 is 1.79 bits per heavy atom. The fourth-order valence-corrected chi connectivity index (χ4v) is 1.06. The van der Waals surface area contributed by atoms with Crippen LogP contribution in [-0.2, 0) is 17.9 Å². The van der Waals surface area contributed by atoms with Crippen molar-refractivity contribution < 1.29 is 4.79 Å². The molecule has 0 fully saturated rings. The third-order valence-electron chi connectivity index (χ3n) is 1.82. The van der Waals surface area contributed by atoms with Crippen LogP contribution in [0.5, 0.6) is 0 Å². The SMILES string of the molecule is CCn1cnnc1CNC(=O)C(C)Cl. The Morgan fingerprint density at radius 2 is 2.50 bits per heavy atom. The highest BCUT2D eigenvalue weighted by Gasteiger charge is 2.09. The Morgan fingerprint density at radius 3 is 3.07 bits per heavy atom. The third kappa shape index (κ3) is 2.70. The van der Waals surface area contributed by atoms with Crippen molar-refractivity contribution in [3.63, 3.8) is 0 Å². The highest BCUT2D eigenvalue weighted by Crippen LogP contribution is 1.96. The van der Waals surface area contributed by atoms with Crippen molar-refractivity contribution in [2.45, 2.75) is 32.3 Å². The van der Waals surface area contributed by atoms with E-state index in [-0.39, 0.29) is 5.91 Å². The van der Waals surface area contributed by atoms with Crippen molar-refractivity contribution in [1.29, 1.82) is 0 Å². The van der Waals surface area contributed by atoms with Gasteiger partial charge in [0.25, 0.3) is 0 Å². The molecule has 1 amide bonds. The Hall–Kier alpha value is -1.10. The van der Waals surface area contributed by atoms with Gasteiger partial charge in [-0.1, -0.05) is 0 Å². The molecule has 0 saturated heterocycles. The van der Waals surface area contributed by atoms with Crippen molar-refractivity contribution >= 4 is 17.5 Å². The highest BCUT2D eigenvalue weighted by atomic mass is 35.5. The second-order valence-electron chi connectivity index (χ2n) is 2.87. The maximum Gasteiger partial charge on any atom is 0.238 e. The van der Waals surface area contributed by atoms with Crippen LogP contribution in [0.2, 0.25) is 0 Å². The average Bonchev–Trinajstić information content (AvgIpc) is 2.60. The lowest BCUT2D eigenvalue weighted by Gasteiger charge is -2.06. The normalized spacial score (nSPS) is 12.5. The highest BCUT2D eigenvalue weighted by molar-refractivity contribution is 6.30. The first-order chi connectivity index (χ1) is 6.65. The summed E-state index contributed by atoms with van der Waals surface area (Å²) in [4.78, 5) is 11.1. The zero-order valence-electron chi connectivity index (χ0n) is 8.20. The Bertz CT molecular complexity index is 310. The maximum atomic E-state index is 11.1. The lowest BCUT2D eigenvalue weighted by atomic mass is 10.4. The summed E-state index contributed by atoms with van der Waals surface area (Å²) in [7, 11) is 0. The molecule has 0 radical (unpaired) electrons. The molecular formula is C8H13ClN4O. The topological polar surface area (TPSA) is 59.8 Å². The Labute approximate surface area is 87.5 Å². The average molecular weight is 217 g/mol. The molecular weight excluding hydrogens is 204 g/mol. The number of aryl methyl sites for hydroxylation is 1.